The molecule has 0 bridgehead atoms. The van der Waals surface area contributed by atoms with Gasteiger partial charge in [0.15, 0.2) is 0 Å². The zero-order valence-corrected chi connectivity index (χ0v) is 17.1. The van der Waals surface area contributed by atoms with Gasteiger partial charge in [-0.2, -0.15) is 0 Å². The van der Waals surface area contributed by atoms with Gasteiger partial charge in [-0.3, -0.25) is 4.90 Å². The molecule has 3 rings (SSSR count). The third kappa shape index (κ3) is 5.07. The Balaban J connectivity index is 1.82. The van der Waals surface area contributed by atoms with Crippen LogP contribution in [0.2, 0.25) is 5.02 Å². The summed E-state index contributed by atoms with van der Waals surface area (Å²) in [5.74, 6) is 6.72. The van der Waals surface area contributed by atoms with Crippen LogP contribution < -0.4 is 0 Å². The zero-order valence-electron chi connectivity index (χ0n) is 16.3. The van der Waals surface area contributed by atoms with Crippen molar-refractivity contribution >= 4 is 17.7 Å². The van der Waals surface area contributed by atoms with Gasteiger partial charge < -0.3 is 9.64 Å². The maximum absolute atomic E-state index is 12.0. The summed E-state index contributed by atoms with van der Waals surface area (Å²) in [6.07, 6.45) is -0.236. The van der Waals surface area contributed by atoms with Crippen LogP contribution in [0.4, 0.5) is 4.79 Å². The standard InChI is InChI=1S/C23H25ClN2O2/c1-3-28-23(27)26-15-13-25(14-16-26)22(21-10-5-4-7-18(21)2)12-11-19-8-6-9-20(24)17-19/h4-10,17,22H,3,13-16H2,1-2H3. The molecule has 0 spiro atoms. The molecule has 1 aliphatic heterocycles. The van der Waals surface area contributed by atoms with Gasteiger partial charge in [-0.05, 0) is 43.2 Å². The molecule has 0 radical (unpaired) electrons. The van der Waals surface area contributed by atoms with E-state index < -0.39 is 0 Å². The number of piperazine rings is 1. The molecule has 1 atom stereocenters. The molecule has 1 aliphatic rings. The molecule has 0 N–H and O–H groups in total. The second-order valence-corrected chi connectivity index (χ2v) is 7.20. The molecule has 1 amide bonds. The Hall–Kier alpha value is -2.48. The van der Waals surface area contributed by atoms with Gasteiger partial charge in [0.05, 0.1) is 12.6 Å². The molecule has 1 heterocycles. The van der Waals surface area contributed by atoms with Crippen LogP contribution in [0.15, 0.2) is 48.5 Å². The molecule has 28 heavy (non-hydrogen) atoms. The fraction of sp³-hybridized carbons (Fsp3) is 0.348. The fourth-order valence-electron chi connectivity index (χ4n) is 3.35. The van der Waals surface area contributed by atoms with Crippen molar-refractivity contribution in [3.63, 3.8) is 0 Å². The number of carbonyl (C=O) groups excluding carboxylic acids is 1. The van der Waals surface area contributed by atoms with Crippen LogP contribution in [-0.4, -0.2) is 48.7 Å². The van der Waals surface area contributed by atoms with Crippen LogP contribution in [0.1, 0.15) is 29.7 Å². The number of aryl methyl sites for hydroxylation is 1. The highest BCUT2D eigenvalue weighted by Gasteiger charge is 2.27. The van der Waals surface area contributed by atoms with E-state index in [0.29, 0.717) is 24.7 Å². The smallest absolute Gasteiger partial charge is 0.409 e. The van der Waals surface area contributed by atoms with Crippen LogP contribution in [0.5, 0.6) is 0 Å². The predicted molar refractivity (Wildman–Crippen MR) is 112 cm³/mol. The lowest BCUT2D eigenvalue weighted by molar-refractivity contribution is 0.0734. The monoisotopic (exact) mass is 396 g/mol. The van der Waals surface area contributed by atoms with Crippen molar-refractivity contribution in [2.45, 2.75) is 19.9 Å². The van der Waals surface area contributed by atoms with Crippen LogP contribution in [0.25, 0.3) is 0 Å². The first-order valence-corrected chi connectivity index (χ1v) is 9.94. The van der Waals surface area contributed by atoms with Crippen molar-refractivity contribution in [2.24, 2.45) is 0 Å². The molecule has 146 valence electrons. The van der Waals surface area contributed by atoms with Gasteiger partial charge in [0, 0.05) is 36.8 Å². The van der Waals surface area contributed by atoms with Gasteiger partial charge in [-0.15, -0.1) is 0 Å². The Labute approximate surface area is 172 Å². The highest BCUT2D eigenvalue weighted by atomic mass is 35.5. The largest absolute Gasteiger partial charge is 0.450 e. The molecule has 2 aromatic carbocycles. The van der Waals surface area contributed by atoms with E-state index >= 15 is 0 Å². The van der Waals surface area contributed by atoms with Crippen LogP contribution in [0.3, 0.4) is 0 Å². The number of benzene rings is 2. The minimum absolute atomic E-state index is 0.0375. The first-order valence-electron chi connectivity index (χ1n) is 9.57. The summed E-state index contributed by atoms with van der Waals surface area (Å²) in [7, 11) is 0. The normalized spacial score (nSPS) is 15.5. The summed E-state index contributed by atoms with van der Waals surface area (Å²) >= 11 is 6.09. The Morgan fingerprint density at radius 2 is 1.89 bits per heavy atom. The Morgan fingerprint density at radius 1 is 1.14 bits per heavy atom. The van der Waals surface area contributed by atoms with Gasteiger partial charge in [-0.1, -0.05) is 53.8 Å². The van der Waals surface area contributed by atoms with E-state index in [-0.39, 0.29) is 12.1 Å². The molecule has 1 fully saturated rings. The highest BCUT2D eigenvalue weighted by Crippen LogP contribution is 2.25. The summed E-state index contributed by atoms with van der Waals surface area (Å²) in [6, 6.07) is 15.9. The summed E-state index contributed by atoms with van der Waals surface area (Å²) in [5.41, 5.74) is 3.30. The molecular weight excluding hydrogens is 372 g/mol. The van der Waals surface area contributed by atoms with E-state index in [4.69, 9.17) is 16.3 Å². The third-order valence-electron chi connectivity index (χ3n) is 4.87. The average molecular weight is 397 g/mol. The Bertz CT molecular complexity index is 879. The van der Waals surface area contributed by atoms with Crippen molar-refractivity contribution in [3.8, 4) is 11.8 Å². The van der Waals surface area contributed by atoms with Crippen LogP contribution in [-0.2, 0) is 4.74 Å². The molecule has 0 saturated carbocycles. The topological polar surface area (TPSA) is 32.8 Å². The second-order valence-electron chi connectivity index (χ2n) is 6.76. The minimum Gasteiger partial charge on any atom is -0.450 e. The van der Waals surface area contributed by atoms with Crippen molar-refractivity contribution < 1.29 is 9.53 Å². The van der Waals surface area contributed by atoms with Crippen molar-refractivity contribution in [3.05, 3.63) is 70.2 Å². The predicted octanol–water partition coefficient (Wildman–Crippen LogP) is 4.52. The van der Waals surface area contributed by atoms with E-state index in [1.807, 2.05) is 43.3 Å². The molecule has 1 unspecified atom stereocenters. The number of carbonyl (C=O) groups is 1. The summed E-state index contributed by atoms with van der Waals surface area (Å²) in [4.78, 5) is 16.1. The number of nitrogens with zero attached hydrogens (tertiary/aromatic N) is 2. The van der Waals surface area contributed by atoms with Crippen molar-refractivity contribution in [1.82, 2.24) is 9.80 Å². The minimum atomic E-state index is -0.236. The molecule has 5 heteroatoms. The highest BCUT2D eigenvalue weighted by molar-refractivity contribution is 6.30. The van der Waals surface area contributed by atoms with E-state index in [0.717, 1.165) is 18.7 Å². The van der Waals surface area contributed by atoms with Gasteiger partial charge in [-0.25, -0.2) is 4.79 Å². The average Bonchev–Trinajstić information content (AvgIpc) is 2.70. The van der Waals surface area contributed by atoms with Gasteiger partial charge in [0.1, 0.15) is 0 Å². The number of amides is 1. The van der Waals surface area contributed by atoms with Gasteiger partial charge in [0.2, 0.25) is 0 Å². The van der Waals surface area contributed by atoms with E-state index in [9.17, 15) is 4.79 Å². The quantitative estimate of drug-likeness (QED) is 0.715. The first-order chi connectivity index (χ1) is 13.6. The summed E-state index contributed by atoms with van der Waals surface area (Å²) < 4.78 is 5.13. The number of hydrogen-bond acceptors (Lipinski definition) is 3. The van der Waals surface area contributed by atoms with Gasteiger partial charge in [0.25, 0.3) is 0 Å². The molecular formula is C23H25ClN2O2. The molecule has 2 aromatic rings. The SMILES string of the molecule is CCOC(=O)N1CCN(C(C#Cc2cccc(Cl)c2)c2ccccc2C)CC1. The Morgan fingerprint density at radius 3 is 2.57 bits per heavy atom. The molecule has 0 aliphatic carbocycles. The van der Waals surface area contributed by atoms with E-state index in [2.05, 4.69) is 35.8 Å². The fourth-order valence-corrected chi connectivity index (χ4v) is 3.54. The first kappa shape index (κ1) is 20.3. The van der Waals surface area contributed by atoms with E-state index in [1.54, 1.807) is 4.90 Å². The summed E-state index contributed by atoms with van der Waals surface area (Å²) in [6.45, 7) is 7.12. The summed E-state index contributed by atoms with van der Waals surface area (Å²) in [5, 5.41) is 0.683. The number of halogens is 1. The molecule has 4 nitrogen and oxygen atoms in total. The lowest BCUT2D eigenvalue weighted by atomic mass is 9.99. The number of hydrogen-bond donors (Lipinski definition) is 0. The maximum atomic E-state index is 12.0. The van der Waals surface area contributed by atoms with Crippen LogP contribution in [0, 0.1) is 18.8 Å². The lowest BCUT2D eigenvalue weighted by Gasteiger charge is -2.37. The molecule has 1 saturated heterocycles. The maximum Gasteiger partial charge on any atom is 0.409 e. The molecule has 0 aromatic heterocycles. The Kier molecular flexibility index (Phi) is 6.97. The zero-order chi connectivity index (χ0) is 19.9. The second kappa shape index (κ2) is 9.64. The van der Waals surface area contributed by atoms with Crippen molar-refractivity contribution in [1.29, 1.82) is 0 Å². The van der Waals surface area contributed by atoms with Gasteiger partial charge >= 0.3 is 6.09 Å². The third-order valence-corrected chi connectivity index (χ3v) is 5.10. The van der Waals surface area contributed by atoms with Crippen molar-refractivity contribution in [2.75, 3.05) is 32.8 Å². The van der Waals surface area contributed by atoms with E-state index in [1.165, 1.54) is 11.1 Å². The van der Waals surface area contributed by atoms with Crippen LogP contribution >= 0.6 is 11.6 Å². The number of ether oxygens (including phenoxy) is 1. The lowest BCUT2D eigenvalue weighted by Crippen LogP contribution is -2.49. The number of rotatable bonds is 3.